The van der Waals surface area contributed by atoms with E-state index in [2.05, 4.69) is 10.4 Å². The van der Waals surface area contributed by atoms with Gasteiger partial charge in [-0.3, -0.25) is 4.79 Å². The van der Waals surface area contributed by atoms with E-state index in [1.54, 1.807) is 13.1 Å². The average Bonchev–Trinajstić information content (AvgIpc) is 2.91. The summed E-state index contributed by atoms with van der Waals surface area (Å²) in [5.74, 6) is 0.717. The number of benzene rings is 1. The van der Waals surface area contributed by atoms with Gasteiger partial charge in [0.05, 0.1) is 17.9 Å². The summed E-state index contributed by atoms with van der Waals surface area (Å²) in [5.41, 5.74) is 0.868. The summed E-state index contributed by atoms with van der Waals surface area (Å²) < 4.78 is 6.96. The normalized spacial score (nSPS) is 12.5. The zero-order chi connectivity index (χ0) is 15.9. The highest BCUT2D eigenvalue weighted by molar-refractivity contribution is 6.33. The van der Waals surface area contributed by atoms with Gasteiger partial charge in [-0.25, -0.2) is 4.68 Å². The van der Waals surface area contributed by atoms with E-state index in [1.807, 2.05) is 25.1 Å². The highest BCUT2D eigenvalue weighted by Crippen LogP contribution is 2.29. The molecule has 2 heterocycles. The van der Waals surface area contributed by atoms with Crippen LogP contribution < -0.4 is 10.9 Å². The van der Waals surface area contributed by atoms with Gasteiger partial charge in [0.25, 0.3) is 5.56 Å². The molecule has 3 rings (SSSR count). The van der Waals surface area contributed by atoms with Crippen LogP contribution in [0.2, 0.25) is 10.0 Å². The number of aromatic nitrogens is 2. The number of nitrogens with zero attached hydrogens (tertiary/aromatic N) is 2. The molecular weight excluding hydrogens is 325 g/mol. The second-order valence-electron chi connectivity index (χ2n) is 5.00. The standard InChI is InChI=1S/C15H13Cl2N3O2/c1-8(19-11-7-18-20(2)15(21)14(11)17)13-6-9-5-10(16)3-4-12(9)22-13/h3-8,19H,1-2H3. The molecule has 0 spiro atoms. The summed E-state index contributed by atoms with van der Waals surface area (Å²) in [5, 5.41) is 8.76. The molecule has 1 unspecified atom stereocenters. The highest BCUT2D eigenvalue weighted by atomic mass is 35.5. The largest absolute Gasteiger partial charge is 0.459 e. The molecule has 5 nitrogen and oxygen atoms in total. The lowest BCUT2D eigenvalue weighted by atomic mass is 10.2. The van der Waals surface area contributed by atoms with Crippen LogP contribution in [0.4, 0.5) is 5.69 Å². The topological polar surface area (TPSA) is 60.1 Å². The van der Waals surface area contributed by atoms with Crippen LogP contribution >= 0.6 is 23.2 Å². The van der Waals surface area contributed by atoms with Crippen molar-refractivity contribution in [1.29, 1.82) is 0 Å². The molecule has 0 saturated heterocycles. The van der Waals surface area contributed by atoms with Crippen LogP contribution in [0.25, 0.3) is 11.0 Å². The Kier molecular flexibility index (Phi) is 3.85. The van der Waals surface area contributed by atoms with Gasteiger partial charge in [0, 0.05) is 17.5 Å². The van der Waals surface area contributed by atoms with Gasteiger partial charge in [-0.1, -0.05) is 23.2 Å². The Hall–Kier alpha value is -1.98. The number of anilines is 1. The molecule has 0 bridgehead atoms. The summed E-state index contributed by atoms with van der Waals surface area (Å²) in [7, 11) is 1.55. The lowest BCUT2D eigenvalue weighted by Crippen LogP contribution is -2.21. The number of aryl methyl sites for hydroxylation is 1. The SMILES string of the molecule is CC(Nc1cnn(C)c(=O)c1Cl)c1cc2cc(Cl)ccc2o1. The van der Waals surface area contributed by atoms with Crippen molar-refractivity contribution in [1.82, 2.24) is 9.78 Å². The predicted octanol–water partition coefficient (Wildman–Crippen LogP) is 4.01. The van der Waals surface area contributed by atoms with E-state index >= 15 is 0 Å². The Labute approximate surface area is 136 Å². The second-order valence-corrected chi connectivity index (χ2v) is 5.81. The van der Waals surface area contributed by atoms with Gasteiger partial charge in [-0.15, -0.1) is 0 Å². The van der Waals surface area contributed by atoms with Crippen LogP contribution in [-0.4, -0.2) is 9.78 Å². The zero-order valence-corrected chi connectivity index (χ0v) is 13.4. The number of fused-ring (bicyclic) bond motifs is 1. The summed E-state index contributed by atoms with van der Waals surface area (Å²) in [6.45, 7) is 1.91. The molecule has 0 saturated carbocycles. The lowest BCUT2D eigenvalue weighted by Gasteiger charge is -2.13. The molecule has 1 aromatic carbocycles. The maximum atomic E-state index is 11.8. The van der Waals surface area contributed by atoms with Crippen LogP contribution in [0, 0.1) is 0 Å². The molecule has 114 valence electrons. The van der Waals surface area contributed by atoms with E-state index in [0.717, 1.165) is 11.0 Å². The zero-order valence-electron chi connectivity index (χ0n) is 11.9. The number of halogens is 2. The fourth-order valence-electron chi connectivity index (χ4n) is 2.16. The van der Waals surface area contributed by atoms with E-state index in [-0.39, 0.29) is 16.6 Å². The van der Waals surface area contributed by atoms with Crippen molar-refractivity contribution >= 4 is 39.9 Å². The Morgan fingerprint density at radius 3 is 2.86 bits per heavy atom. The summed E-state index contributed by atoms with van der Waals surface area (Å²) in [6.07, 6.45) is 1.51. The minimum Gasteiger partial charge on any atom is -0.459 e. The maximum Gasteiger partial charge on any atom is 0.287 e. The van der Waals surface area contributed by atoms with Crippen LogP contribution in [0.5, 0.6) is 0 Å². The monoisotopic (exact) mass is 337 g/mol. The fourth-order valence-corrected chi connectivity index (χ4v) is 2.57. The van der Waals surface area contributed by atoms with E-state index in [1.165, 1.54) is 10.9 Å². The van der Waals surface area contributed by atoms with Crippen LogP contribution in [-0.2, 0) is 7.05 Å². The summed E-state index contributed by atoms with van der Waals surface area (Å²) in [4.78, 5) is 11.8. The maximum absolute atomic E-state index is 11.8. The first-order valence-electron chi connectivity index (χ1n) is 6.63. The summed E-state index contributed by atoms with van der Waals surface area (Å²) in [6, 6.07) is 7.15. The van der Waals surface area contributed by atoms with Gasteiger partial charge >= 0.3 is 0 Å². The van der Waals surface area contributed by atoms with Gasteiger partial charge in [-0.05, 0) is 31.2 Å². The molecule has 1 atom stereocenters. The van der Waals surface area contributed by atoms with Crippen molar-refractivity contribution in [3.05, 3.63) is 56.6 Å². The lowest BCUT2D eigenvalue weighted by molar-refractivity contribution is 0.526. The molecule has 3 aromatic rings. The van der Waals surface area contributed by atoms with Gasteiger partial charge in [-0.2, -0.15) is 5.10 Å². The molecule has 0 aliphatic heterocycles. The Bertz CT molecular complexity index is 901. The van der Waals surface area contributed by atoms with Crippen LogP contribution in [0.3, 0.4) is 0 Å². The van der Waals surface area contributed by atoms with Crippen molar-refractivity contribution in [3.8, 4) is 0 Å². The molecule has 0 aliphatic carbocycles. The Balaban J connectivity index is 1.91. The van der Waals surface area contributed by atoms with Crippen molar-refractivity contribution < 1.29 is 4.42 Å². The molecule has 2 aromatic heterocycles. The van der Waals surface area contributed by atoms with E-state index in [9.17, 15) is 4.79 Å². The van der Waals surface area contributed by atoms with Gasteiger partial charge in [0.1, 0.15) is 16.4 Å². The third kappa shape index (κ3) is 2.69. The van der Waals surface area contributed by atoms with Gasteiger partial charge < -0.3 is 9.73 Å². The second kappa shape index (κ2) is 5.66. The minimum atomic E-state index is -0.352. The molecule has 0 amide bonds. The molecule has 0 fully saturated rings. The van der Waals surface area contributed by atoms with Gasteiger partial charge in [0.15, 0.2) is 0 Å². The van der Waals surface area contributed by atoms with Crippen molar-refractivity contribution in [2.45, 2.75) is 13.0 Å². The van der Waals surface area contributed by atoms with Crippen LogP contribution in [0.15, 0.2) is 39.7 Å². The molecule has 0 aliphatic rings. The van der Waals surface area contributed by atoms with E-state index < -0.39 is 0 Å². The van der Waals surface area contributed by atoms with Crippen LogP contribution in [0.1, 0.15) is 18.7 Å². The number of nitrogens with one attached hydrogen (secondary N) is 1. The first-order chi connectivity index (χ1) is 10.5. The quantitative estimate of drug-likeness (QED) is 0.784. The molecule has 0 radical (unpaired) electrons. The smallest absolute Gasteiger partial charge is 0.287 e. The number of hydrogen-bond donors (Lipinski definition) is 1. The average molecular weight is 338 g/mol. The minimum absolute atomic E-state index is 0.100. The van der Waals surface area contributed by atoms with Gasteiger partial charge in [0.2, 0.25) is 0 Å². The molecule has 1 N–H and O–H groups in total. The Morgan fingerprint density at radius 1 is 1.32 bits per heavy atom. The number of rotatable bonds is 3. The fraction of sp³-hybridized carbons (Fsp3) is 0.200. The highest BCUT2D eigenvalue weighted by Gasteiger charge is 2.15. The van der Waals surface area contributed by atoms with Crippen molar-refractivity contribution in [2.24, 2.45) is 7.05 Å². The third-order valence-electron chi connectivity index (χ3n) is 3.37. The predicted molar refractivity (Wildman–Crippen MR) is 87.7 cm³/mol. The van der Waals surface area contributed by atoms with Crippen molar-refractivity contribution in [3.63, 3.8) is 0 Å². The first kappa shape index (κ1) is 14.9. The van der Waals surface area contributed by atoms with E-state index in [4.69, 9.17) is 27.6 Å². The number of hydrogen-bond acceptors (Lipinski definition) is 4. The van der Waals surface area contributed by atoms with Crippen molar-refractivity contribution in [2.75, 3.05) is 5.32 Å². The first-order valence-corrected chi connectivity index (χ1v) is 7.38. The van der Waals surface area contributed by atoms with E-state index in [0.29, 0.717) is 16.5 Å². The summed E-state index contributed by atoms with van der Waals surface area (Å²) >= 11 is 12.0. The molecular formula is C15H13Cl2N3O2. The third-order valence-corrected chi connectivity index (χ3v) is 3.97. The Morgan fingerprint density at radius 2 is 2.09 bits per heavy atom. The number of furan rings is 1. The molecule has 7 heteroatoms. The molecule has 22 heavy (non-hydrogen) atoms.